The fourth-order valence-corrected chi connectivity index (χ4v) is 0.848. The van der Waals surface area contributed by atoms with E-state index in [9.17, 15) is 0 Å². The Morgan fingerprint density at radius 1 is 1.31 bits per heavy atom. The van der Waals surface area contributed by atoms with Gasteiger partial charge in [-0.25, -0.2) is 4.98 Å². The molecule has 0 fully saturated rings. The lowest BCUT2D eigenvalue weighted by Gasteiger charge is -2.03. The Kier molecular flexibility index (Phi) is 4.05. The van der Waals surface area contributed by atoms with Crippen molar-refractivity contribution in [2.75, 3.05) is 13.2 Å². The van der Waals surface area contributed by atoms with Crippen molar-refractivity contribution in [2.45, 2.75) is 12.8 Å². The van der Waals surface area contributed by atoms with Crippen LogP contribution >= 0.6 is 0 Å². The maximum absolute atomic E-state index is 8.92. The molecule has 1 aromatic rings. The minimum atomic E-state index is 0.128. The van der Waals surface area contributed by atoms with E-state index in [2.05, 4.69) is 4.98 Å². The Morgan fingerprint density at radius 3 is 2.77 bits per heavy atom. The highest BCUT2D eigenvalue weighted by atomic mass is 16.5. The lowest BCUT2D eigenvalue weighted by Crippen LogP contribution is -1.99. The number of ether oxygens (including phenoxy) is 1. The third-order valence-corrected chi connectivity index (χ3v) is 1.52. The Bertz CT molecular complexity index is 235. The quantitative estimate of drug-likeness (QED) is 0.667. The molecule has 4 heteroatoms. The van der Waals surface area contributed by atoms with Crippen molar-refractivity contribution >= 4 is 0 Å². The summed E-state index contributed by atoms with van der Waals surface area (Å²) in [5.74, 6) is 0.624. The molecule has 0 amide bonds. The molecule has 0 atom stereocenters. The van der Waals surface area contributed by atoms with Gasteiger partial charge in [-0.15, -0.1) is 0 Å². The lowest BCUT2D eigenvalue weighted by atomic mass is 10.3. The molecule has 0 saturated carbocycles. The summed E-state index contributed by atoms with van der Waals surface area (Å²) in [6.07, 6.45) is 2.87. The van der Waals surface area contributed by atoms with Crippen molar-refractivity contribution in [3.8, 4) is 11.6 Å². The van der Waals surface area contributed by atoms with Gasteiger partial charge in [0.05, 0.1) is 12.8 Å². The normalized spacial score (nSPS) is 9.92. The maximum Gasteiger partial charge on any atom is 0.213 e. The summed E-state index contributed by atoms with van der Waals surface area (Å²) in [7, 11) is 0. The zero-order valence-electron chi connectivity index (χ0n) is 7.31. The van der Waals surface area contributed by atoms with Crippen LogP contribution in [0.25, 0.3) is 0 Å². The monoisotopic (exact) mass is 183 g/mol. The van der Waals surface area contributed by atoms with Gasteiger partial charge in [0.25, 0.3) is 0 Å². The van der Waals surface area contributed by atoms with Gasteiger partial charge in [0.1, 0.15) is 5.75 Å². The highest BCUT2D eigenvalue weighted by Gasteiger charge is 1.94. The first-order chi connectivity index (χ1) is 6.33. The standard InChI is InChI=1S/C9H13NO3/c11-5-1-2-6-13-9-4-3-8(12)7-10-9/h3-4,7,11-12H,1-2,5-6H2. The van der Waals surface area contributed by atoms with Gasteiger partial charge in [0.2, 0.25) is 5.88 Å². The van der Waals surface area contributed by atoms with Gasteiger partial charge >= 0.3 is 0 Å². The van der Waals surface area contributed by atoms with E-state index in [0.29, 0.717) is 12.5 Å². The van der Waals surface area contributed by atoms with Crippen LogP contribution in [0.15, 0.2) is 18.3 Å². The van der Waals surface area contributed by atoms with E-state index < -0.39 is 0 Å². The maximum atomic E-state index is 8.92. The summed E-state index contributed by atoms with van der Waals surface area (Å²) in [5, 5.41) is 17.4. The van der Waals surface area contributed by atoms with Crippen LogP contribution < -0.4 is 4.74 Å². The molecule has 0 aliphatic heterocycles. The van der Waals surface area contributed by atoms with Gasteiger partial charge in [-0.1, -0.05) is 0 Å². The molecular formula is C9H13NO3. The van der Waals surface area contributed by atoms with Gasteiger partial charge in [0, 0.05) is 12.7 Å². The number of unbranched alkanes of at least 4 members (excludes halogenated alkanes) is 1. The van der Waals surface area contributed by atoms with Gasteiger partial charge < -0.3 is 14.9 Å². The third-order valence-electron chi connectivity index (χ3n) is 1.52. The Hall–Kier alpha value is -1.29. The van der Waals surface area contributed by atoms with Crippen LogP contribution in [0.2, 0.25) is 0 Å². The smallest absolute Gasteiger partial charge is 0.213 e. The largest absolute Gasteiger partial charge is 0.506 e. The first-order valence-electron chi connectivity index (χ1n) is 4.21. The summed E-state index contributed by atoms with van der Waals surface area (Å²) in [5.41, 5.74) is 0. The number of nitrogens with zero attached hydrogens (tertiary/aromatic N) is 1. The molecule has 0 aliphatic rings. The van der Waals surface area contributed by atoms with Crippen LogP contribution in [0.1, 0.15) is 12.8 Å². The number of aliphatic hydroxyl groups excluding tert-OH is 1. The lowest BCUT2D eigenvalue weighted by molar-refractivity contribution is 0.249. The molecular weight excluding hydrogens is 170 g/mol. The molecule has 1 aromatic heterocycles. The SMILES string of the molecule is OCCCCOc1ccc(O)cn1. The first kappa shape index (κ1) is 9.80. The van der Waals surface area contributed by atoms with E-state index >= 15 is 0 Å². The molecule has 0 aromatic carbocycles. The predicted octanol–water partition coefficient (Wildman–Crippen LogP) is 0.938. The second-order valence-electron chi connectivity index (χ2n) is 2.63. The topological polar surface area (TPSA) is 62.6 Å². The van der Waals surface area contributed by atoms with E-state index in [-0.39, 0.29) is 12.4 Å². The van der Waals surface area contributed by atoms with E-state index in [1.54, 1.807) is 6.07 Å². The Balaban J connectivity index is 2.25. The summed E-state index contributed by atoms with van der Waals surface area (Å²) in [4.78, 5) is 3.84. The highest BCUT2D eigenvalue weighted by molar-refractivity contribution is 5.20. The summed E-state index contributed by atoms with van der Waals surface area (Å²) in [6.45, 7) is 0.727. The van der Waals surface area contributed by atoms with Crippen LogP contribution in [0.3, 0.4) is 0 Å². The number of aromatic hydroxyl groups is 1. The number of aliphatic hydroxyl groups is 1. The number of aromatic nitrogens is 1. The molecule has 1 rings (SSSR count). The van der Waals surface area contributed by atoms with Gasteiger partial charge in [-0.05, 0) is 18.9 Å². The number of hydrogen-bond donors (Lipinski definition) is 2. The molecule has 0 saturated heterocycles. The highest BCUT2D eigenvalue weighted by Crippen LogP contribution is 2.11. The van der Waals surface area contributed by atoms with Crippen LogP contribution in [0.5, 0.6) is 11.6 Å². The summed E-state index contributed by atoms with van der Waals surface area (Å²) >= 11 is 0. The van der Waals surface area contributed by atoms with Crippen molar-refractivity contribution < 1.29 is 14.9 Å². The second-order valence-corrected chi connectivity index (χ2v) is 2.63. The Morgan fingerprint density at radius 2 is 2.15 bits per heavy atom. The molecule has 4 nitrogen and oxygen atoms in total. The fraction of sp³-hybridized carbons (Fsp3) is 0.444. The van der Waals surface area contributed by atoms with Crippen LogP contribution in [0, 0.1) is 0 Å². The molecule has 1 heterocycles. The average Bonchev–Trinajstić information content (AvgIpc) is 2.15. The minimum Gasteiger partial charge on any atom is -0.506 e. The van der Waals surface area contributed by atoms with Gasteiger partial charge in [-0.3, -0.25) is 0 Å². The van der Waals surface area contributed by atoms with Crippen LogP contribution in [-0.2, 0) is 0 Å². The van der Waals surface area contributed by atoms with E-state index in [1.165, 1.54) is 12.3 Å². The van der Waals surface area contributed by atoms with E-state index in [1.807, 2.05) is 0 Å². The third kappa shape index (κ3) is 3.75. The van der Waals surface area contributed by atoms with Crippen molar-refractivity contribution in [3.63, 3.8) is 0 Å². The van der Waals surface area contributed by atoms with Gasteiger partial charge in [-0.2, -0.15) is 0 Å². The first-order valence-corrected chi connectivity index (χ1v) is 4.21. The number of pyridine rings is 1. The predicted molar refractivity (Wildman–Crippen MR) is 47.7 cm³/mol. The fourth-order valence-electron chi connectivity index (χ4n) is 0.848. The molecule has 0 aliphatic carbocycles. The Labute approximate surface area is 76.8 Å². The molecule has 72 valence electrons. The van der Waals surface area contributed by atoms with Gasteiger partial charge in [0.15, 0.2) is 0 Å². The van der Waals surface area contributed by atoms with Crippen LogP contribution in [0.4, 0.5) is 0 Å². The second kappa shape index (κ2) is 5.37. The summed E-state index contributed by atoms with van der Waals surface area (Å²) in [6, 6.07) is 3.13. The van der Waals surface area contributed by atoms with E-state index in [4.69, 9.17) is 14.9 Å². The van der Waals surface area contributed by atoms with Crippen molar-refractivity contribution in [1.82, 2.24) is 4.98 Å². The molecule has 13 heavy (non-hydrogen) atoms. The minimum absolute atomic E-state index is 0.128. The van der Waals surface area contributed by atoms with Crippen molar-refractivity contribution in [2.24, 2.45) is 0 Å². The molecule has 0 radical (unpaired) electrons. The van der Waals surface area contributed by atoms with Crippen LogP contribution in [-0.4, -0.2) is 28.4 Å². The van der Waals surface area contributed by atoms with E-state index in [0.717, 1.165) is 12.8 Å². The zero-order valence-corrected chi connectivity index (χ0v) is 7.31. The molecule has 0 bridgehead atoms. The van der Waals surface area contributed by atoms with Crippen molar-refractivity contribution in [3.05, 3.63) is 18.3 Å². The molecule has 0 spiro atoms. The number of hydrogen-bond acceptors (Lipinski definition) is 4. The van der Waals surface area contributed by atoms with Crippen molar-refractivity contribution in [1.29, 1.82) is 0 Å². The number of rotatable bonds is 5. The zero-order chi connectivity index (χ0) is 9.52. The molecule has 0 unspecified atom stereocenters. The average molecular weight is 183 g/mol. The summed E-state index contributed by atoms with van der Waals surface area (Å²) < 4.78 is 5.23. The molecule has 2 N–H and O–H groups in total.